The van der Waals surface area contributed by atoms with Gasteiger partial charge in [-0.3, -0.25) is 4.79 Å². The van der Waals surface area contributed by atoms with Crippen molar-refractivity contribution in [1.82, 2.24) is 20.2 Å². The highest BCUT2D eigenvalue weighted by atomic mass is 16.1. The van der Waals surface area contributed by atoms with Crippen LogP contribution in [0.2, 0.25) is 0 Å². The minimum absolute atomic E-state index is 0.169. The van der Waals surface area contributed by atoms with Gasteiger partial charge in [0.2, 0.25) is 0 Å². The lowest BCUT2D eigenvalue weighted by molar-refractivity contribution is 0.0947. The molecular weight excluding hydrogens is 314 g/mol. The van der Waals surface area contributed by atoms with Gasteiger partial charge in [0, 0.05) is 24.7 Å². The standard InChI is InChI=1S/C19H27N5O/c1-4-11-20-17-14-16(19(25)21-12-8-13-24(2)3)22-18(23-17)15-9-6-5-7-10-15/h5-7,9-10,14H,4,8,11-13H2,1-3H3,(H,21,25)(H,20,22,23). The van der Waals surface area contributed by atoms with Crippen LogP contribution in [0.4, 0.5) is 5.82 Å². The van der Waals surface area contributed by atoms with Gasteiger partial charge < -0.3 is 15.5 Å². The highest BCUT2D eigenvalue weighted by molar-refractivity contribution is 5.93. The Hall–Kier alpha value is -2.47. The van der Waals surface area contributed by atoms with Crippen molar-refractivity contribution < 1.29 is 4.79 Å². The van der Waals surface area contributed by atoms with Crippen LogP contribution < -0.4 is 10.6 Å². The van der Waals surface area contributed by atoms with E-state index in [-0.39, 0.29) is 5.91 Å². The van der Waals surface area contributed by atoms with E-state index in [1.54, 1.807) is 6.07 Å². The molecule has 0 fully saturated rings. The lowest BCUT2D eigenvalue weighted by atomic mass is 10.2. The Bertz CT molecular complexity index is 673. The summed E-state index contributed by atoms with van der Waals surface area (Å²) in [5.74, 6) is 1.06. The van der Waals surface area contributed by atoms with Crippen molar-refractivity contribution >= 4 is 11.7 Å². The highest BCUT2D eigenvalue weighted by Gasteiger charge is 2.12. The van der Waals surface area contributed by atoms with Crippen LogP contribution in [0, 0.1) is 0 Å². The zero-order chi connectivity index (χ0) is 18.1. The van der Waals surface area contributed by atoms with Crippen LogP contribution >= 0.6 is 0 Å². The van der Waals surface area contributed by atoms with E-state index in [2.05, 4.69) is 32.4 Å². The van der Waals surface area contributed by atoms with Crippen molar-refractivity contribution in [3.8, 4) is 11.4 Å². The van der Waals surface area contributed by atoms with Crippen LogP contribution in [0.15, 0.2) is 36.4 Å². The van der Waals surface area contributed by atoms with Crippen molar-refractivity contribution in [1.29, 1.82) is 0 Å². The zero-order valence-electron chi connectivity index (χ0n) is 15.2. The highest BCUT2D eigenvalue weighted by Crippen LogP contribution is 2.17. The van der Waals surface area contributed by atoms with E-state index in [1.165, 1.54) is 0 Å². The molecule has 1 aromatic heterocycles. The van der Waals surface area contributed by atoms with Crippen LogP contribution in [-0.2, 0) is 0 Å². The van der Waals surface area contributed by atoms with E-state index in [0.29, 0.717) is 23.9 Å². The van der Waals surface area contributed by atoms with Crippen molar-refractivity contribution in [3.05, 3.63) is 42.1 Å². The van der Waals surface area contributed by atoms with Crippen molar-refractivity contribution in [2.24, 2.45) is 0 Å². The lowest BCUT2D eigenvalue weighted by Gasteiger charge is -2.11. The first-order valence-corrected chi connectivity index (χ1v) is 8.71. The fourth-order valence-corrected chi connectivity index (χ4v) is 2.31. The summed E-state index contributed by atoms with van der Waals surface area (Å²) in [6.07, 6.45) is 1.88. The Morgan fingerprint density at radius 1 is 1.12 bits per heavy atom. The molecule has 0 unspecified atom stereocenters. The van der Waals surface area contributed by atoms with Crippen LogP contribution in [0.1, 0.15) is 30.3 Å². The van der Waals surface area contributed by atoms with Crippen molar-refractivity contribution in [2.45, 2.75) is 19.8 Å². The molecule has 134 valence electrons. The monoisotopic (exact) mass is 341 g/mol. The number of benzene rings is 1. The van der Waals surface area contributed by atoms with Gasteiger partial charge in [-0.25, -0.2) is 9.97 Å². The second kappa shape index (κ2) is 9.74. The number of anilines is 1. The third kappa shape index (κ3) is 6.15. The third-order valence-electron chi connectivity index (χ3n) is 3.61. The van der Waals surface area contributed by atoms with E-state index in [1.807, 2.05) is 44.4 Å². The summed E-state index contributed by atoms with van der Waals surface area (Å²) in [6.45, 7) is 4.45. The number of hydrogen-bond acceptors (Lipinski definition) is 5. The molecule has 1 amide bonds. The summed E-state index contributed by atoms with van der Waals surface area (Å²) in [6, 6.07) is 11.4. The molecule has 0 aliphatic carbocycles. The predicted molar refractivity (Wildman–Crippen MR) is 102 cm³/mol. The largest absolute Gasteiger partial charge is 0.370 e. The maximum Gasteiger partial charge on any atom is 0.270 e. The number of carbonyl (C=O) groups is 1. The molecule has 0 spiro atoms. The van der Waals surface area contributed by atoms with E-state index in [9.17, 15) is 4.79 Å². The van der Waals surface area contributed by atoms with Gasteiger partial charge in [0.1, 0.15) is 11.5 Å². The molecule has 1 aromatic carbocycles. The number of nitrogens with zero attached hydrogens (tertiary/aromatic N) is 3. The number of aromatic nitrogens is 2. The average molecular weight is 341 g/mol. The van der Waals surface area contributed by atoms with Crippen LogP contribution in [0.5, 0.6) is 0 Å². The first-order valence-electron chi connectivity index (χ1n) is 8.71. The van der Waals surface area contributed by atoms with Crippen molar-refractivity contribution in [2.75, 3.05) is 39.0 Å². The smallest absolute Gasteiger partial charge is 0.270 e. The fraction of sp³-hybridized carbons (Fsp3) is 0.421. The summed E-state index contributed by atoms with van der Waals surface area (Å²) in [4.78, 5) is 23.5. The second-order valence-electron chi connectivity index (χ2n) is 6.17. The topological polar surface area (TPSA) is 70.2 Å². The van der Waals surface area contributed by atoms with Gasteiger partial charge in [-0.1, -0.05) is 37.3 Å². The van der Waals surface area contributed by atoms with Gasteiger partial charge in [-0.15, -0.1) is 0 Å². The zero-order valence-corrected chi connectivity index (χ0v) is 15.2. The molecule has 0 radical (unpaired) electrons. The summed E-state index contributed by atoms with van der Waals surface area (Å²) >= 11 is 0. The molecule has 6 nitrogen and oxygen atoms in total. The number of hydrogen-bond donors (Lipinski definition) is 2. The predicted octanol–water partition coefficient (Wildman–Crippen LogP) is 2.65. The van der Waals surface area contributed by atoms with Crippen molar-refractivity contribution in [3.63, 3.8) is 0 Å². The summed E-state index contributed by atoms with van der Waals surface area (Å²) < 4.78 is 0. The van der Waals surface area contributed by atoms with Crippen LogP contribution in [0.3, 0.4) is 0 Å². The lowest BCUT2D eigenvalue weighted by Crippen LogP contribution is -2.28. The summed E-state index contributed by atoms with van der Waals surface area (Å²) in [5, 5.41) is 6.18. The molecule has 25 heavy (non-hydrogen) atoms. The molecule has 2 N–H and O–H groups in total. The molecule has 6 heteroatoms. The Morgan fingerprint density at radius 3 is 2.56 bits per heavy atom. The number of rotatable bonds is 9. The molecule has 0 atom stereocenters. The average Bonchev–Trinajstić information content (AvgIpc) is 2.63. The van der Waals surface area contributed by atoms with Gasteiger partial charge in [-0.2, -0.15) is 0 Å². The van der Waals surface area contributed by atoms with Gasteiger partial charge in [-0.05, 0) is 33.5 Å². The molecule has 0 bridgehead atoms. The van der Waals surface area contributed by atoms with Gasteiger partial charge in [0.05, 0.1) is 0 Å². The molecule has 1 heterocycles. The minimum Gasteiger partial charge on any atom is -0.370 e. The fourth-order valence-electron chi connectivity index (χ4n) is 2.31. The SMILES string of the molecule is CCCNc1cc(C(=O)NCCCN(C)C)nc(-c2ccccc2)n1. The molecule has 0 saturated heterocycles. The maximum atomic E-state index is 12.5. The Labute approximate surface area is 149 Å². The van der Waals surface area contributed by atoms with Crippen LogP contribution in [0.25, 0.3) is 11.4 Å². The number of carbonyl (C=O) groups excluding carboxylic acids is 1. The Morgan fingerprint density at radius 2 is 1.88 bits per heavy atom. The van der Waals surface area contributed by atoms with Crippen LogP contribution in [-0.4, -0.2) is 54.5 Å². The van der Waals surface area contributed by atoms with E-state index in [4.69, 9.17) is 0 Å². The minimum atomic E-state index is -0.169. The molecule has 2 aromatic rings. The van der Waals surface area contributed by atoms with Gasteiger partial charge in [0.25, 0.3) is 5.91 Å². The quantitative estimate of drug-likeness (QED) is 0.686. The molecule has 0 saturated carbocycles. The van der Waals surface area contributed by atoms with E-state index >= 15 is 0 Å². The first kappa shape index (κ1) is 18.9. The molecule has 0 aliphatic rings. The Kier molecular flexibility index (Phi) is 7.35. The van der Waals surface area contributed by atoms with Gasteiger partial charge in [0.15, 0.2) is 5.82 Å². The Balaban J connectivity index is 2.16. The van der Waals surface area contributed by atoms with E-state index in [0.717, 1.165) is 31.5 Å². The molecule has 2 rings (SSSR count). The first-order chi connectivity index (χ1) is 12.1. The molecular formula is C19H27N5O. The number of nitrogens with one attached hydrogen (secondary N) is 2. The normalized spacial score (nSPS) is 10.7. The summed E-state index contributed by atoms with van der Waals surface area (Å²) in [5.41, 5.74) is 1.28. The third-order valence-corrected chi connectivity index (χ3v) is 3.61. The second-order valence-corrected chi connectivity index (χ2v) is 6.17. The number of amides is 1. The molecule has 0 aliphatic heterocycles. The van der Waals surface area contributed by atoms with E-state index < -0.39 is 0 Å². The maximum absolute atomic E-state index is 12.5. The van der Waals surface area contributed by atoms with Gasteiger partial charge >= 0.3 is 0 Å². The summed E-state index contributed by atoms with van der Waals surface area (Å²) in [7, 11) is 4.04.